The van der Waals surface area contributed by atoms with Gasteiger partial charge in [-0.05, 0) is 36.4 Å². The lowest BCUT2D eigenvalue weighted by Gasteiger charge is -2.06. The van der Waals surface area contributed by atoms with Crippen LogP contribution in [0.4, 0.5) is 22.7 Å². The molecule has 0 aromatic heterocycles. The molecule has 0 aliphatic carbocycles. The lowest BCUT2D eigenvalue weighted by atomic mass is 10.1. The minimum absolute atomic E-state index is 0.248. The van der Waals surface area contributed by atoms with Crippen LogP contribution < -0.4 is 5.48 Å². The van der Waals surface area contributed by atoms with Gasteiger partial charge in [-0.2, -0.15) is 0 Å². The predicted molar refractivity (Wildman–Crippen MR) is 111 cm³/mol. The third-order valence-electron chi connectivity index (χ3n) is 3.97. The highest BCUT2D eigenvalue weighted by Crippen LogP contribution is 2.24. The summed E-state index contributed by atoms with van der Waals surface area (Å²) in [5, 5.41) is 29.0. The van der Waals surface area contributed by atoms with E-state index in [-0.39, 0.29) is 11.3 Å². The molecular weight excluding hydrogens is 422 g/mol. The van der Waals surface area contributed by atoms with Crippen LogP contribution in [-0.4, -0.2) is 21.7 Å². The maximum Gasteiger partial charge on any atom is 0.362 e. The van der Waals surface area contributed by atoms with Crippen LogP contribution in [0.2, 0.25) is 0 Å². The third kappa shape index (κ3) is 5.54. The number of non-ortho nitro benzene ring substituents is 2. The average molecular weight is 435 g/mol. The summed E-state index contributed by atoms with van der Waals surface area (Å²) in [6.45, 7) is 0. The van der Waals surface area contributed by atoms with Crippen molar-refractivity contribution in [3.63, 3.8) is 0 Å². The van der Waals surface area contributed by atoms with Gasteiger partial charge in [0.25, 0.3) is 17.3 Å². The number of carbonyl (C=O) groups excluding carboxylic acids is 2. The fourth-order valence-corrected chi connectivity index (χ4v) is 2.42. The molecule has 0 heterocycles. The number of rotatable bonds is 7. The summed E-state index contributed by atoms with van der Waals surface area (Å²) in [6.07, 6.45) is 0. The van der Waals surface area contributed by atoms with E-state index in [1.807, 2.05) is 0 Å². The Bertz CT molecular complexity index is 1180. The number of amides is 1. The van der Waals surface area contributed by atoms with E-state index in [0.717, 1.165) is 18.2 Å². The zero-order valence-corrected chi connectivity index (χ0v) is 16.1. The van der Waals surface area contributed by atoms with E-state index in [0.29, 0.717) is 11.3 Å². The molecule has 0 aliphatic heterocycles. The maximum atomic E-state index is 12.2. The summed E-state index contributed by atoms with van der Waals surface area (Å²) in [4.78, 5) is 49.2. The highest BCUT2D eigenvalue weighted by Gasteiger charge is 2.19. The van der Waals surface area contributed by atoms with Gasteiger partial charge in [0.05, 0.1) is 38.4 Å². The lowest BCUT2D eigenvalue weighted by molar-refractivity contribution is -0.394. The quantitative estimate of drug-likeness (QED) is 0.319. The molecule has 1 N–H and O–H groups in total. The fourth-order valence-electron chi connectivity index (χ4n) is 2.42. The Morgan fingerprint density at radius 3 is 1.97 bits per heavy atom. The number of nitro groups is 2. The molecule has 12 nitrogen and oxygen atoms in total. The van der Waals surface area contributed by atoms with Crippen molar-refractivity contribution < 1.29 is 24.3 Å². The van der Waals surface area contributed by atoms with Crippen LogP contribution in [0.15, 0.2) is 83.0 Å². The van der Waals surface area contributed by atoms with Crippen molar-refractivity contribution in [3.8, 4) is 0 Å². The van der Waals surface area contributed by atoms with Gasteiger partial charge in [-0.1, -0.05) is 18.2 Å². The molecule has 0 bridgehead atoms. The van der Waals surface area contributed by atoms with E-state index in [9.17, 15) is 29.8 Å². The molecule has 0 aliphatic rings. The molecule has 0 radical (unpaired) electrons. The van der Waals surface area contributed by atoms with Crippen LogP contribution in [0.3, 0.4) is 0 Å². The molecule has 0 atom stereocenters. The Hall–Kier alpha value is -5.00. The van der Waals surface area contributed by atoms with Crippen LogP contribution in [0, 0.1) is 20.2 Å². The lowest BCUT2D eigenvalue weighted by Crippen LogP contribution is -2.10. The van der Waals surface area contributed by atoms with Crippen LogP contribution in [0.25, 0.3) is 0 Å². The SMILES string of the molecule is O=C(N=Nc1ccc(NOC(=O)c2ccccc2)cc1)c1cc([N+](=O)[O-])cc([N+](=O)[O-])c1. The van der Waals surface area contributed by atoms with Gasteiger partial charge in [0.15, 0.2) is 0 Å². The Kier molecular flexibility index (Phi) is 6.56. The highest BCUT2D eigenvalue weighted by molar-refractivity contribution is 5.96. The van der Waals surface area contributed by atoms with Gasteiger partial charge in [-0.3, -0.25) is 25.0 Å². The number of benzene rings is 3. The summed E-state index contributed by atoms with van der Waals surface area (Å²) in [5.74, 6) is -1.57. The Labute approximate surface area is 179 Å². The molecule has 32 heavy (non-hydrogen) atoms. The number of nitrogens with zero attached hydrogens (tertiary/aromatic N) is 4. The predicted octanol–water partition coefficient (Wildman–Crippen LogP) is 4.61. The van der Waals surface area contributed by atoms with Crippen molar-refractivity contribution in [1.82, 2.24) is 0 Å². The molecule has 1 amide bonds. The normalized spacial score (nSPS) is 10.5. The largest absolute Gasteiger partial charge is 0.362 e. The maximum absolute atomic E-state index is 12.2. The van der Waals surface area contributed by atoms with E-state index in [1.165, 1.54) is 24.3 Å². The number of nitro benzene ring substituents is 2. The standard InChI is InChI=1S/C20H13N5O7/c26-19(14-10-17(24(28)29)12-18(11-14)25(30)31)22-21-15-6-8-16(9-7-15)23-32-20(27)13-4-2-1-3-5-13/h1-12,23H. The second kappa shape index (κ2) is 9.67. The van der Waals surface area contributed by atoms with Crippen molar-refractivity contribution in [1.29, 1.82) is 0 Å². The van der Waals surface area contributed by atoms with Gasteiger partial charge in [0.1, 0.15) is 0 Å². The van der Waals surface area contributed by atoms with Crippen LogP contribution in [-0.2, 0) is 4.84 Å². The highest BCUT2D eigenvalue weighted by atomic mass is 16.7. The molecule has 0 fully saturated rings. The number of azo groups is 1. The van der Waals surface area contributed by atoms with Gasteiger partial charge < -0.3 is 4.84 Å². The van der Waals surface area contributed by atoms with Crippen LogP contribution in [0.1, 0.15) is 20.7 Å². The third-order valence-corrected chi connectivity index (χ3v) is 3.97. The molecule has 160 valence electrons. The van der Waals surface area contributed by atoms with Crippen molar-refractivity contribution >= 4 is 34.6 Å². The number of carbonyl (C=O) groups is 2. The smallest absolute Gasteiger partial charge is 0.338 e. The monoisotopic (exact) mass is 435 g/mol. The molecule has 12 heteroatoms. The molecule has 0 spiro atoms. The number of anilines is 1. The first-order valence-corrected chi connectivity index (χ1v) is 8.86. The van der Waals surface area contributed by atoms with Crippen molar-refractivity contribution in [2.45, 2.75) is 0 Å². The Balaban J connectivity index is 1.65. The Morgan fingerprint density at radius 2 is 1.41 bits per heavy atom. The van der Waals surface area contributed by atoms with Gasteiger partial charge in [-0.15, -0.1) is 10.2 Å². The number of hydrogen-bond acceptors (Lipinski definition) is 9. The molecular formula is C20H13N5O7. The van der Waals surface area contributed by atoms with E-state index >= 15 is 0 Å². The summed E-state index contributed by atoms with van der Waals surface area (Å²) in [6, 6.07) is 16.8. The molecule has 0 unspecified atom stereocenters. The topological polar surface area (TPSA) is 166 Å². The van der Waals surface area contributed by atoms with Gasteiger partial charge >= 0.3 is 5.97 Å². The molecule has 0 saturated carbocycles. The number of nitrogens with one attached hydrogen (secondary N) is 1. The molecule has 0 saturated heterocycles. The van der Waals surface area contributed by atoms with Crippen molar-refractivity contribution in [2.24, 2.45) is 10.2 Å². The summed E-state index contributed by atoms with van der Waals surface area (Å²) < 4.78 is 0. The zero-order valence-electron chi connectivity index (χ0n) is 16.1. The minimum Gasteiger partial charge on any atom is -0.338 e. The second-order valence-corrected chi connectivity index (χ2v) is 6.16. The number of hydrogen-bond donors (Lipinski definition) is 1. The zero-order chi connectivity index (χ0) is 23.1. The minimum atomic E-state index is -0.990. The first kappa shape index (κ1) is 21.7. The van der Waals surface area contributed by atoms with E-state index in [1.54, 1.807) is 30.3 Å². The summed E-state index contributed by atoms with van der Waals surface area (Å²) in [7, 11) is 0. The average Bonchev–Trinajstić information content (AvgIpc) is 2.81. The van der Waals surface area contributed by atoms with Crippen LogP contribution in [0.5, 0.6) is 0 Å². The first-order chi connectivity index (χ1) is 15.3. The van der Waals surface area contributed by atoms with Gasteiger partial charge in [0.2, 0.25) is 0 Å². The van der Waals surface area contributed by atoms with E-state index < -0.39 is 33.1 Å². The Morgan fingerprint density at radius 1 is 0.812 bits per heavy atom. The van der Waals surface area contributed by atoms with E-state index in [4.69, 9.17) is 4.84 Å². The van der Waals surface area contributed by atoms with Gasteiger partial charge in [0, 0.05) is 12.1 Å². The van der Waals surface area contributed by atoms with Gasteiger partial charge in [-0.25, -0.2) is 10.3 Å². The van der Waals surface area contributed by atoms with Crippen molar-refractivity contribution in [3.05, 3.63) is 104 Å². The van der Waals surface area contributed by atoms with E-state index in [2.05, 4.69) is 15.7 Å². The molecule has 3 rings (SSSR count). The first-order valence-electron chi connectivity index (χ1n) is 8.86. The molecule has 3 aromatic rings. The van der Waals surface area contributed by atoms with Crippen molar-refractivity contribution in [2.75, 3.05) is 5.48 Å². The fraction of sp³-hybridized carbons (Fsp3) is 0. The summed E-state index contributed by atoms with van der Waals surface area (Å²) >= 11 is 0. The summed E-state index contributed by atoms with van der Waals surface area (Å²) in [5.41, 5.74) is 1.95. The van der Waals surface area contributed by atoms with Crippen LogP contribution >= 0.6 is 0 Å². The second-order valence-electron chi connectivity index (χ2n) is 6.16. The molecule has 3 aromatic carbocycles.